The van der Waals surface area contributed by atoms with Crippen LogP contribution in [0.4, 0.5) is 0 Å². The zero-order chi connectivity index (χ0) is 10.9. The Hall–Kier alpha value is -0.450. The van der Waals surface area contributed by atoms with Crippen LogP contribution in [0.2, 0.25) is 0 Å². The largest absolute Gasteiger partial charge is 0.320 e. The fraction of sp³-hybridized carbons (Fsp3) is 0.727. The number of unbranched alkanes of at least 4 members (excludes halogenated alkanes) is 1. The van der Waals surface area contributed by atoms with Gasteiger partial charge < -0.3 is 10.6 Å². The highest BCUT2D eigenvalue weighted by atomic mass is 32.1. The van der Waals surface area contributed by atoms with Crippen molar-refractivity contribution in [3.05, 3.63) is 16.1 Å². The number of nitrogens with zero attached hydrogens (tertiary/aromatic N) is 1. The highest BCUT2D eigenvalue weighted by Crippen LogP contribution is 2.08. The lowest BCUT2D eigenvalue weighted by molar-refractivity contribution is 0.605. The van der Waals surface area contributed by atoms with Gasteiger partial charge >= 0.3 is 0 Å². The minimum atomic E-state index is 1.05. The highest BCUT2D eigenvalue weighted by molar-refractivity contribution is 7.09. The molecule has 1 aromatic rings. The number of aryl methyl sites for hydroxylation is 1. The van der Waals surface area contributed by atoms with Gasteiger partial charge in [-0.1, -0.05) is 0 Å². The summed E-state index contributed by atoms with van der Waals surface area (Å²) in [4.78, 5) is 4.43. The predicted octanol–water partition coefficient (Wildman–Crippen LogP) is 1.58. The quantitative estimate of drug-likeness (QED) is 0.662. The molecule has 0 unspecified atom stereocenters. The van der Waals surface area contributed by atoms with E-state index in [4.69, 9.17) is 0 Å². The molecule has 4 heteroatoms. The summed E-state index contributed by atoms with van der Waals surface area (Å²) < 4.78 is 0. The molecule has 0 aliphatic rings. The fourth-order valence-electron chi connectivity index (χ4n) is 1.39. The van der Waals surface area contributed by atoms with Crippen LogP contribution in [-0.2, 0) is 6.42 Å². The van der Waals surface area contributed by atoms with Crippen LogP contribution < -0.4 is 10.6 Å². The van der Waals surface area contributed by atoms with Gasteiger partial charge in [-0.2, -0.15) is 0 Å². The van der Waals surface area contributed by atoms with Crippen molar-refractivity contribution in [2.75, 3.05) is 26.7 Å². The molecule has 2 N–H and O–H groups in total. The molecule has 0 amide bonds. The van der Waals surface area contributed by atoms with E-state index >= 15 is 0 Å². The standard InChI is InChI=1S/C11H21N3S/c1-10-9-15-11(14-10)5-8-13-7-4-3-6-12-2/h9,12-13H,3-8H2,1-2H3. The molecule has 0 bridgehead atoms. The van der Waals surface area contributed by atoms with E-state index in [0.717, 1.165) is 31.7 Å². The van der Waals surface area contributed by atoms with Gasteiger partial charge in [-0.25, -0.2) is 4.98 Å². The van der Waals surface area contributed by atoms with Crippen LogP contribution in [0.5, 0.6) is 0 Å². The first-order chi connectivity index (χ1) is 7.33. The molecular weight excluding hydrogens is 206 g/mol. The van der Waals surface area contributed by atoms with E-state index in [1.807, 2.05) is 14.0 Å². The SMILES string of the molecule is CNCCCCNCCc1nc(C)cs1. The van der Waals surface area contributed by atoms with E-state index in [9.17, 15) is 0 Å². The first-order valence-electron chi connectivity index (χ1n) is 5.59. The van der Waals surface area contributed by atoms with Gasteiger partial charge in [-0.15, -0.1) is 11.3 Å². The average Bonchev–Trinajstić information content (AvgIpc) is 2.63. The molecule has 1 heterocycles. The van der Waals surface area contributed by atoms with Crippen LogP contribution in [-0.4, -0.2) is 31.7 Å². The van der Waals surface area contributed by atoms with E-state index < -0.39 is 0 Å². The molecule has 0 radical (unpaired) electrons. The number of rotatable bonds is 8. The maximum absolute atomic E-state index is 4.43. The van der Waals surface area contributed by atoms with Crippen LogP contribution in [0.1, 0.15) is 23.5 Å². The summed E-state index contributed by atoms with van der Waals surface area (Å²) in [6.45, 7) is 5.33. The summed E-state index contributed by atoms with van der Waals surface area (Å²) in [6, 6.07) is 0. The molecule has 3 nitrogen and oxygen atoms in total. The van der Waals surface area contributed by atoms with Gasteiger partial charge in [-0.05, 0) is 39.9 Å². The van der Waals surface area contributed by atoms with Crippen LogP contribution >= 0.6 is 11.3 Å². The highest BCUT2D eigenvalue weighted by Gasteiger charge is 1.97. The lowest BCUT2D eigenvalue weighted by Gasteiger charge is -2.02. The predicted molar refractivity (Wildman–Crippen MR) is 66.6 cm³/mol. The first-order valence-corrected chi connectivity index (χ1v) is 6.47. The van der Waals surface area contributed by atoms with Crippen LogP contribution in [0.25, 0.3) is 0 Å². The Bertz CT molecular complexity index is 260. The molecule has 1 aromatic heterocycles. The van der Waals surface area contributed by atoms with E-state index in [0.29, 0.717) is 0 Å². The summed E-state index contributed by atoms with van der Waals surface area (Å²) in [5.74, 6) is 0. The second kappa shape index (κ2) is 7.79. The van der Waals surface area contributed by atoms with Crippen LogP contribution in [0.3, 0.4) is 0 Å². The van der Waals surface area contributed by atoms with E-state index in [1.54, 1.807) is 11.3 Å². The number of hydrogen-bond acceptors (Lipinski definition) is 4. The Morgan fingerprint density at radius 3 is 2.73 bits per heavy atom. The lowest BCUT2D eigenvalue weighted by Crippen LogP contribution is -2.19. The summed E-state index contributed by atoms with van der Waals surface area (Å²) >= 11 is 1.76. The average molecular weight is 227 g/mol. The molecule has 0 aromatic carbocycles. The molecule has 0 spiro atoms. The Labute approximate surface area is 96.3 Å². The zero-order valence-electron chi connectivity index (χ0n) is 9.68. The van der Waals surface area contributed by atoms with Crippen LogP contribution in [0.15, 0.2) is 5.38 Å². The van der Waals surface area contributed by atoms with Crippen LogP contribution in [0, 0.1) is 6.92 Å². The summed E-state index contributed by atoms with van der Waals surface area (Å²) in [7, 11) is 2.00. The monoisotopic (exact) mass is 227 g/mol. The third-order valence-electron chi connectivity index (χ3n) is 2.21. The lowest BCUT2D eigenvalue weighted by atomic mass is 10.3. The number of hydrogen-bond donors (Lipinski definition) is 2. The minimum absolute atomic E-state index is 1.05. The Morgan fingerprint density at radius 1 is 1.27 bits per heavy atom. The van der Waals surface area contributed by atoms with Crippen molar-refractivity contribution in [1.29, 1.82) is 0 Å². The number of aromatic nitrogens is 1. The first kappa shape index (κ1) is 12.6. The van der Waals surface area contributed by atoms with Crippen molar-refractivity contribution in [3.8, 4) is 0 Å². The van der Waals surface area contributed by atoms with Crippen molar-refractivity contribution in [1.82, 2.24) is 15.6 Å². The number of nitrogens with one attached hydrogen (secondary N) is 2. The Kier molecular flexibility index (Phi) is 6.55. The van der Waals surface area contributed by atoms with E-state index in [1.165, 1.54) is 17.8 Å². The van der Waals surface area contributed by atoms with Gasteiger partial charge in [0.2, 0.25) is 0 Å². The van der Waals surface area contributed by atoms with Gasteiger partial charge in [-0.3, -0.25) is 0 Å². The van der Waals surface area contributed by atoms with E-state index in [2.05, 4.69) is 21.0 Å². The van der Waals surface area contributed by atoms with Crippen molar-refractivity contribution >= 4 is 11.3 Å². The molecule has 0 aliphatic carbocycles. The summed E-state index contributed by atoms with van der Waals surface area (Å²) in [5.41, 5.74) is 1.14. The topological polar surface area (TPSA) is 37.0 Å². The molecule has 0 aliphatic heterocycles. The molecule has 0 saturated heterocycles. The second-order valence-electron chi connectivity index (χ2n) is 3.69. The smallest absolute Gasteiger partial charge is 0.0940 e. The third kappa shape index (κ3) is 5.87. The normalized spacial score (nSPS) is 10.8. The molecular formula is C11H21N3S. The summed E-state index contributed by atoms with van der Waals surface area (Å²) in [6.07, 6.45) is 3.56. The zero-order valence-corrected chi connectivity index (χ0v) is 10.5. The molecule has 1 rings (SSSR count). The maximum Gasteiger partial charge on any atom is 0.0940 e. The summed E-state index contributed by atoms with van der Waals surface area (Å²) in [5, 5.41) is 9.95. The molecule has 86 valence electrons. The third-order valence-corrected chi connectivity index (χ3v) is 3.24. The molecule has 0 saturated carbocycles. The van der Waals surface area contributed by atoms with Gasteiger partial charge in [0.25, 0.3) is 0 Å². The van der Waals surface area contributed by atoms with E-state index in [-0.39, 0.29) is 0 Å². The fourth-order valence-corrected chi connectivity index (χ4v) is 2.17. The number of thiazole rings is 1. The molecule has 15 heavy (non-hydrogen) atoms. The van der Waals surface area contributed by atoms with Crippen molar-refractivity contribution < 1.29 is 0 Å². The minimum Gasteiger partial charge on any atom is -0.320 e. The second-order valence-corrected chi connectivity index (χ2v) is 4.64. The Balaban J connectivity index is 1.93. The van der Waals surface area contributed by atoms with Gasteiger partial charge in [0.15, 0.2) is 0 Å². The van der Waals surface area contributed by atoms with Crippen molar-refractivity contribution in [3.63, 3.8) is 0 Å². The molecule has 0 fully saturated rings. The molecule has 0 atom stereocenters. The maximum atomic E-state index is 4.43. The van der Waals surface area contributed by atoms with Crippen molar-refractivity contribution in [2.45, 2.75) is 26.2 Å². The Morgan fingerprint density at radius 2 is 2.07 bits per heavy atom. The van der Waals surface area contributed by atoms with Crippen molar-refractivity contribution in [2.24, 2.45) is 0 Å². The van der Waals surface area contributed by atoms with Gasteiger partial charge in [0, 0.05) is 24.0 Å². The van der Waals surface area contributed by atoms with Gasteiger partial charge in [0.1, 0.15) is 0 Å². The van der Waals surface area contributed by atoms with Gasteiger partial charge in [0.05, 0.1) is 5.01 Å².